The third-order valence-electron chi connectivity index (χ3n) is 2.65. The highest BCUT2D eigenvalue weighted by atomic mass is 35.5. The van der Waals surface area contributed by atoms with Crippen molar-refractivity contribution in [3.05, 3.63) is 33.8 Å². The Kier molecular flexibility index (Phi) is 6.14. The van der Waals surface area contributed by atoms with Crippen LogP contribution in [0.1, 0.15) is 44.2 Å². The lowest BCUT2D eigenvalue weighted by molar-refractivity contribution is 0.487. The summed E-state index contributed by atoms with van der Waals surface area (Å²) in [5.41, 5.74) is 3.70. The first-order valence-electron chi connectivity index (χ1n) is 5.60. The van der Waals surface area contributed by atoms with Gasteiger partial charge in [-0.2, -0.15) is 0 Å². The molecule has 0 aliphatic heterocycles. The number of halogens is 2. The molecule has 0 saturated carbocycles. The Morgan fingerprint density at radius 2 is 1.88 bits per heavy atom. The molecule has 0 radical (unpaired) electrons. The smallest absolute Gasteiger partial charge is 0.0489 e. The Labute approximate surface area is 107 Å². The normalized spacial score (nSPS) is 12.8. The van der Waals surface area contributed by atoms with Crippen LogP contribution in [0.25, 0.3) is 0 Å². The quantitative estimate of drug-likeness (QED) is 0.460. The van der Waals surface area contributed by atoms with Gasteiger partial charge >= 0.3 is 0 Å². The van der Waals surface area contributed by atoms with Crippen LogP contribution in [0, 0.1) is 0 Å². The Morgan fingerprint density at radius 1 is 1.25 bits per heavy atom. The largest absolute Gasteiger partial charge is 0.271 e. The Bertz CT molecular complexity index is 309. The van der Waals surface area contributed by atoms with E-state index in [1.54, 1.807) is 0 Å². The molecule has 1 rings (SSSR count). The van der Waals surface area contributed by atoms with Crippen LogP contribution in [0.15, 0.2) is 18.2 Å². The zero-order valence-electron chi connectivity index (χ0n) is 9.47. The Hall–Kier alpha value is -0.280. The van der Waals surface area contributed by atoms with E-state index >= 15 is 0 Å². The topological polar surface area (TPSA) is 38.0 Å². The van der Waals surface area contributed by atoms with E-state index in [4.69, 9.17) is 29.0 Å². The zero-order valence-corrected chi connectivity index (χ0v) is 11.0. The summed E-state index contributed by atoms with van der Waals surface area (Å²) in [6, 6.07) is 5.56. The monoisotopic (exact) mass is 260 g/mol. The van der Waals surface area contributed by atoms with Gasteiger partial charge in [-0.05, 0) is 18.6 Å². The molecule has 16 heavy (non-hydrogen) atoms. The minimum Gasteiger partial charge on any atom is -0.271 e. The van der Waals surface area contributed by atoms with Crippen LogP contribution in [-0.4, -0.2) is 0 Å². The zero-order chi connectivity index (χ0) is 12.0. The fourth-order valence-electron chi connectivity index (χ4n) is 1.75. The van der Waals surface area contributed by atoms with Crippen molar-refractivity contribution in [1.29, 1.82) is 0 Å². The molecule has 0 aliphatic carbocycles. The molecule has 0 amide bonds. The lowest BCUT2D eigenvalue weighted by atomic mass is 10.0. The van der Waals surface area contributed by atoms with E-state index in [9.17, 15) is 0 Å². The van der Waals surface area contributed by atoms with Crippen molar-refractivity contribution in [1.82, 2.24) is 5.43 Å². The Morgan fingerprint density at radius 3 is 2.38 bits per heavy atom. The summed E-state index contributed by atoms with van der Waals surface area (Å²) in [6.07, 6.45) is 4.45. The van der Waals surface area contributed by atoms with E-state index in [0.717, 1.165) is 18.4 Å². The summed E-state index contributed by atoms with van der Waals surface area (Å²) < 4.78 is 0. The number of hydrazine groups is 1. The number of nitrogens with two attached hydrogens (primary N) is 1. The highest BCUT2D eigenvalue weighted by molar-refractivity contribution is 6.36. The first-order chi connectivity index (χ1) is 7.70. The molecule has 3 N–H and O–H groups in total. The van der Waals surface area contributed by atoms with Crippen LogP contribution >= 0.6 is 23.2 Å². The van der Waals surface area contributed by atoms with Crippen molar-refractivity contribution in [2.45, 2.75) is 38.6 Å². The van der Waals surface area contributed by atoms with Crippen molar-refractivity contribution in [3.8, 4) is 0 Å². The molecular weight excluding hydrogens is 243 g/mol. The van der Waals surface area contributed by atoms with Crippen LogP contribution in [0.3, 0.4) is 0 Å². The van der Waals surface area contributed by atoms with Gasteiger partial charge in [-0.15, -0.1) is 0 Å². The summed E-state index contributed by atoms with van der Waals surface area (Å²) in [7, 11) is 0. The van der Waals surface area contributed by atoms with Crippen molar-refractivity contribution in [3.63, 3.8) is 0 Å². The van der Waals surface area contributed by atoms with Gasteiger partial charge < -0.3 is 0 Å². The number of benzene rings is 1. The molecule has 0 heterocycles. The molecule has 0 aliphatic rings. The predicted octanol–water partition coefficient (Wildman–Crippen LogP) is 4.08. The summed E-state index contributed by atoms with van der Waals surface area (Å²) >= 11 is 12.3. The van der Waals surface area contributed by atoms with E-state index in [2.05, 4.69) is 12.3 Å². The standard InChI is InChI=1S/C12H18Cl2N2/c1-2-3-4-8-11(16-15)12-9(13)6-5-7-10(12)14/h5-7,11,16H,2-4,8,15H2,1H3. The molecule has 1 aromatic rings. The fourth-order valence-corrected chi connectivity index (χ4v) is 2.41. The lowest BCUT2D eigenvalue weighted by Gasteiger charge is -2.18. The molecule has 0 saturated heterocycles. The van der Waals surface area contributed by atoms with Crippen molar-refractivity contribution < 1.29 is 0 Å². The maximum atomic E-state index is 6.14. The predicted molar refractivity (Wildman–Crippen MR) is 70.7 cm³/mol. The van der Waals surface area contributed by atoms with E-state index in [-0.39, 0.29) is 6.04 Å². The number of nitrogens with one attached hydrogen (secondary N) is 1. The molecular formula is C12H18Cl2N2. The van der Waals surface area contributed by atoms with Crippen LogP contribution < -0.4 is 11.3 Å². The SMILES string of the molecule is CCCCCC(NN)c1c(Cl)cccc1Cl. The minimum atomic E-state index is 0.0350. The van der Waals surface area contributed by atoms with Gasteiger partial charge in [-0.1, -0.05) is 55.5 Å². The Balaban J connectivity index is 2.78. The van der Waals surface area contributed by atoms with Gasteiger partial charge in [0, 0.05) is 21.7 Å². The molecule has 1 unspecified atom stereocenters. The number of unbranched alkanes of at least 4 members (excludes halogenated alkanes) is 2. The minimum absolute atomic E-state index is 0.0350. The van der Waals surface area contributed by atoms with Crippen LogP contribution in [0.2, 0.25) is 10.0 Å². The molecule has 0 fully saturated rings. The lowest BCUT2D eigenvalue weighted by Crippen LogP contribution is -2.28. The van der Waals surface area contributed by atoms with Gasteiger partial charge in [0.2, 0.25) is 0 Å². The number of rotatable bonds is 6. The molecule has 1 aromatic carbocycles. The molecule has 4 heteroatoms. The second kappa shape index (κ2) is 7.13. The van der Waals surface area contributed by atoms with Crippen LogP contribution in [0.4, 0.5) is 0 Å². The molecule has 0 spiro atoms. The van der Waals surface area contributed by atoms with E-state index in [1.807, 2.05) is 18.2 Å². The average molecular weight is 261 g/mol. The van der Waals surface area contributed by atoms with Gasteiger partial charge in [0.15, 0.2) is 0 Å². The highest BCUT2D eigenvalue weighted by Gasteiger charge is 2.15. The molecule has 0 bridgehead atoms. The summed E-state index contributed by atoms with van der Waals surface area (Å²) in [5, 5.41) is 1.35. The molecule has 1 atom stereocenters. The van der Waals surface area contributed by atoms with Gasteiger partial charge in [0.1, 0.15) is 0 Å². The summed E-state index contributed by atoms with van der Waals surface area (Å²) in [6.45, 7) is 2.17. The number of hydrogen-bond donors (Lipinski definition) is 2. The third-order valence-corrected chi connectivity index (χ3v) is 3.30. The van der Waals surface area contributed by atoms with Crippen molar-refractivity contribution >= 4 is 23.2 Å². The first kappa shape index (κ1) is 13.8. The van der Waals surface area contributed by atoms with Crippen LogP contribution in [-0.2, 0) is 0 Å². The van der Waals surface area contributed by atoms with Gasteiger partial charge in [0.05, 0.1) is 0 Å². The maximum absolute atomic E-state index is 6.14. The van der Waals surface area contributed by atoms with E-state index in [0.29, 0.717) is 10.0 Å². The third kappa shape index (κ3) is 3.63. The molecule has 90 valence electrons. The fraction of sp³-hybridized carbons (Fsp3) is 0.500. The molecule has 2 nitrogen and oxygen atoms in total. The second-order valence-corrected chi connectivity index (χ2v) is 4.66. The summed E-state index contributed by atoms with van der Waals surface area (Å²) in [4.78, 5) is 0. The van der Waals surface area contributed by atoms with Crippen molar-refractivity contribution in [2.24, 2.45) is 5.84 Å². The first-order valence-corrected chi connectivity index (χ1v) is 6.36. The number of hydrogen-bond acceptors (Lipinski definition) is 2. The maximum Gasteiger partial charge on any atom is 0.0489 e. The van der Waals surface area contributed by atoms with Gasteiger partial charge in [-0.3, -0.25) is 11.3 Å². The van der Waals surface area contributed by atoms with Gasteiger partial charge in [0.25, 0.3) is 0 Å². The summed E-state index contributed by atoms with van der Waals surface area (Å²) in [5.74, 6) is 5.56. The van der Waals surface area contributed by atoms with Crippen molar-refractivity contribution in [2.75, 3.05) is 0 Å². The highest BCUT2D eigenvalue weighted by Crippen LogP contribution is 2.32. The van der Waals surface area contributed by atoms with Gasteiger partial charge in [-0.25, -0.2) is 0 Å². The average Bonchev–Trinajstić information content (AvgIpc) is 2.26. The molecule has 0 aromatic heterocycles. The second-order valence-electron chi connectivity index (χ2n) is 3.85. The van der Waals surface area contributed by atoms with E-state index in [1.165, 1.54) is 12.8 Å². The van der Waals surface area contributed by atoms with E-state index < -0.39 is 0 Å². The van der Waals surface area contributed by atoms with Crippen LogP contribution in [0.5, 0.6) is 0 Å².